The van der Waals surface area contributed by atoms with Crippen LogP contribution in [0.5, 0.6) is 5.75 Å². The van der Waals surface area contributed by atoms with Gasteiger partial charge in [-0.1, -0.05) is 0 Å². The van der Waals surface area contributed by atoms with Crippen LogP contribution in [0.1, 0.15) is 17.8 Å². The van der Waals surface area contributed by atoms with E-state index in [4.69, 9.17) is 10.8 Å². The van der Waals surface area contributed by atoms with E-state index in [2.05, 4.69) is 9.72 Å². The Morgan fingerprint density at radius 3 is 2.71 bits per heavy atom. The summed E-state index contributed by atoms with van der Waals surface area (Å²) in [6, 6.07) is 1.30. The average Bonchev–Trinajstić information content (AvgIpc) is 2.16. The van der Waals surface area contributed by atoms with Crippen molar-refractivity contribution in [2.45, 2.75) is 13.0 Å². The monoisotopic (exact) mass is 204 g/mol. The van der Waals surface area contributed by atoms with E-state index in [1.165, 1.54) is 13.2 Å². The van der Waals surface area contributed by atoms with Gasteiger partial charge in [0.15, 0.2) is 11.4 Å². The highest BCUT2D eigenvalue weighted by Crippen LogP contribution is 2.32. The van der Waals surface area contributed by atoms with E-state index in [1.54, 1.807) is 0 Å². The lowest BCUT2D eigenvalue weighted by atomic mass is 10.2. The number of halogens is 2. The van der Waals surface area contributed by atoms with Crippen LogP contribution in [-0.4, -0.2) is 17.2 Å². The van der Waals surface area contributed by atoms with Crippen LogP contribution in [0, 0.1) is 0 Å². The first-order valence-corrected chi connectivity index (χ1v) is 3.82. The van der Waals surface area contributed by atoms with E-state index in [9.17, 15) is 8.78 Å². The van der Waals surface area contributed by atoms with E-state index in [0.29, 0.717) is 0 Å². The Hall–Kier alpha value is -1.43. The number of aliphatic hydroxyl groups excluding tert-OH is 1. The zero-order valence-electron chi connectivity index (χ0n) is 7.50. The number of pyridine rings is 1. The fraction of sp³-hybridized carbons (Fsp3) is 0.375. The molecule has 6 heteroatoms. The number of nitrogen functional groups attached to an aromatic ring is 1. The summed E-state index contributed by atoms with van der Waals surface area (Å²) >= 11 is 0. The highest BCUT2D eigenvalue weighted by atomic mass is 19.3. The van der Waals surface area contributed by atoms with Crippen LogP contribution in [0.25, 0.3) is 0 Å². The molecule has 0 unspecified atom stereocenters. The third-order valence-electron chi connectivity index (χ3n) is 1.65. The van der Waals surface area contributed by atoms with Crippen molar-refractivity contribution < 1.29 is 18.6 Å². The van der Waals surface area contributed by atoms with Gasteiger partial charge in [0.05, 0.1) is 25.1 Å². The van der Waals surface area contributed by atoms with Crippen LogP contribution in [0.2, 0.25) is 0 Å². The molecule has 0 aliphatic heterocycles. The molecule has 0 amide bonds. The first kappa shape index (κ1) is 10.6. The van der Waals surface area contributed by atoms with Gasteiger partial charge in [0, 0.05) is 0 Å². The summed E-state index contributed by atoms with van der Waals surface area (Å²) in [5, 5.41) is 8.73. The molecule has 3 N–H and O–H groups in total. The molecule has 1 rings (SSSR count). The molecule has 0 aliphatic carbocycles. The molecule has 0 aromatic carbocycles. The van der Waals surface area contributed by atoms with E-state index in [-0.39, 0.29) is 17.1 Å². The normalized spacial score (nSPS) is 10.6. The van der Waals surface area contributed by atoms with Crippen molar-refractivity contribution in [2.24, 2.45) is 0 Å². The molecule has 0 saturated heterocycles. The summed E-state index contributed by atoms with van der Waals surface area (Å²) in [7, 11) is 1.23. The van der Waals surface area contributed by atoms with Gasteiger partial charge in [0.25, 0.3) is 6.43 Å². The Labute approximate surface area is 79.3 Å². The van der Waals surface area contributed by atoms with E-state index in [0.717, 1.165) is 0 Å². The van der Waals surface area contributed by atoms with Gasteiger partial charge in [-0.15, -0.1) is 0 Å². The maximum absolute atomic E-state index is 12.4. The van der Waals surface area contributed by atoms with Gasteiger partial charge >= 0.3 is 0 Å². The Morgan fingerprint density at radius 2 is 2.29 bits per heavy atom. The molecule has 4 nitrogen and oxygen atoms in total. The number of ether oxygens (including phenoxy) is 1. The lowest BCUT2D eigenvalue weighted by Crippen LogP contribution is -2.04. The van der Waals surface area contributed by atoms with Crippen molar-refractivity contribution in [3.8, 4) is 5.75 Å². The van der Waals surface area contributed by atoms with Crippen molar-refractivity contribution in [3.05, 3.63) is 17.5 Å². The second-order valence-corrected chi connectivity index (χ2v) is 2.58. The molecule has 0 spiro atoms. The molecular formula is C8H10F2N2O2. The quantitative estimate of drug-likeness (QED) is 0.773. The minimum Gasteiger partial charge on any atom is -0.492 e. The first-order chi connectivity index (χ1) is 6.60. The number of hydrogen-bond acceptors (Lipinski definition) is 4. The second-order valence-electron chi connectivity index (χ2n) is 2.58. The summed E-state index contributed by atoms with van der Waals surface area (Å²) in [5.41, 5.74) is 5.03. The Balaban J connectivity index is 3.28. The molecule has 0 aliphatic rings. The standard InChI is InChI=1S/C8H10F2N2O2/c1-14-7-5(11)2-4(3-13)12-6(7)8(9)10/h2,8,13H,3H2,1H3,(H2,11,12). The molecule has 0 bridgehead atoms. The predicted octanol–water partition coefficient (Wildman–Crippen LogP) is 1.10. The van der Waals surface area contributed by atoms with E-state index < -0.39 is 18.7 Å². The number of methoxy groups -OCH3 is 1. The van der Waals surface area contributed by atoms with Gasteiger partial charge < -0.3 is 15.6 Å². The van der Waals surface area contributed by atoms with Crippen LogP contribution >= 0.6 is 0 Å². The molecule has 0 fully saturated rings. The van der Waals surface area contributed by atoms with Crippen LogP contribution < -0.4 is 10.5 Å². The maximum atomic E-state index is 12.4. The van der Waals surface area contributed by atoms with Crippen LogP contribution in [0.3, 0.4) is 0 Å². The predicted molar refractivity (Wildman–Crippen MR) is 46.1 cm³/mol. The highest BCUT2D eigenvalue weighted by Gasteiger charge is 2.19. The van der Waals surface area contributed by atoms with Gasteiger partial charge in [0.2, 0.25) is 0 Å². The first-order valence-electron chi connectivity index (χ1n) is 3.82. The van der Waals surface area contributed by atoms with Gasteiger partial charge in [-0.05, 0) is 6.07 Å². The minimum atomic E-state index is -2.78. The van der Waals surface area contributed by atoms with Crippen molar-refractivity contribution in [1.29, 1.82) is 0 Å². The molecule has 0 atom stereocenters. The number of anilines is 1. The highest BCUT2D eigenvalue weighted by molar-refractivity contribution is 5.55. The van der Waals surface area contributed by atoms with Crippen LogP contribution in [-0.2, 0) is 6.61 Å². The zero-order valence-corrected chi connectivity index (χ0v) is 7.50. The van der Waals surface area contributed by atoms with Gasteiger partial charge in [-0.25, -0.2) is 13.8 Å². The van der Waals surface area contributed by atoms with Gasteiger partial charge in [0.1, 0.15) is 0 Å². The molecule has 0 radical (unpaired) electrons. The van der Waals surface area contributed by atoms with Gasteiger partial charge in [-0.2, -0.15) is 0 Å². The van der Waals surface area contributed by atoms with E-state index >= 15 is 0 Å². The number of alkyl halides is 2. The number of nitrogens with two attached hydrogens (primary N) is 1. The number of aliphatic hydroxyl groups is 1. The largest absolute Gasteiger partial charge is 0.492 e. The Bertz CT molecular complexity index is 331. The second kappa shape index (κ2) is 4.19. The zero-order chi connectivity index (χ0) is 10.7. The summed E-state index contributed by atoms with van der Waals surface area (Å²) in [6.45, 7) is -0.437. The topological polar surface area (TPSA) is 68.4 Å². The summed E-state index contributed by atoms with van der Waals surface area (Å²) in [4.78, 5) is 3.52. The lowest BCUT2D eigenvalue weighted by Gasteiger charge is -2.10. The molecule has 1 aromatic rings. The number of aromatic nitrogens is 1. The van der Waals surface area contributed by atoms with E-state index in [1.807, 2.05) is 0 Å². The summed E-state index contributed by atoms with van der Waals surface area (Å²) in [5.74, 6) is -0.141. The molecule has 14 heavy (non-hydrogen) atoms. The summed E-state index contributed by atoms with van der Waals surface area (Å²) < 4.78 is 29.6. The van der Waals surface area contributed by atoms with Crippen LogP contribution in [0.4, 0.5) is 14.5 Å². The fourth-order valence-corrected chi connectivity index (χ4v) is 1.08. The lowest BCUT2D eigenvalue weighted by molar-refractivity contribution is 0.140. The SMILES string of the molecule is COc1c(N)cc(CO)nc1C(F)F. The van der Waals surface area contributed by atoms with Gasteiger partial charge in [-0.3, -0.25) is 0 Å². The molecular weight excluding hydrogens is 194 g/mol. The van der Waals surface area contributed by atoms with Crippen molar-refractivity contribution >= 4 is 5.69 Å². The third-order valence-corrected chi connectivity index (χ3v) is 1.65. The number of nitrogens with zero attached hydrogens (tertiary/aromatic N) is 1. The minimum absolute atomic E-state index is 0.0434. The Morgan fingerprint density at radius 1 is 1.64 bits per heavy atom. The summed E-state index contributed by atoms with van der Waals surface area (Å²) in [6.07, 6.45) is -2.78. The molecule has 78 valence electrons. The molecule has 0 saturated carbocycles. The fourth-order valence-electron chi connectivity index (χ4n) is 1.08. The van der Waals surface area contributed by atoms with Crippen molar-refractivity contribution in [1.82, 2.24) is 4.98 Å². The maximum Gasteiger partial charge on any atom is 0.284 e. The Kier molecular flexibility index (Phi) is 3.19. The third kappa shape index (κ3) is 1.90. The molecule has 1 heterocycles. The van der Waals surface area contributed by atoms with Crippen LogP contribution in [0.15, 0.2) is 6.07 Å². The van der Waals surface area contributed by atoms with Crippen molar-refractivity contribution in [3.63, 3.8) is 0 Å². The smallest absolute Gasteiger partial charge is 0.284 e. The number of rotatable bonds is 3. The average molecular weight is 204 g/mol. The number of hydrogen-bond donors (Lipinski definition) is 2. The van der Waals surface area contributed by atoms with Crippen molar-refractivity contribution in [2.75, 3.05) is 12.8 Å². The molecule has 1 aromatic heterocycles.